The first-order valence-corrected chi connectivity index (χ1v) is 14.0. The largest absolute Gasteiger partial charge is 1.00 e. The van der Waals surface area contributed by atoms with Crippen molar-refractivity contribution in [2.75, 3.05) is 13.2 Å². The fraction of sp³-hybridized carbons (Fsp3) is 0.682. The van der Waals surface area contributed by atoms with E-state index in [2.05, 4.69) is 0 Å². The van der Waals surface area contributed by atoms with Crippen LogP contribution in [0.25, 0.3) is 0 Å². The molecule has 0 bridgehead atoms. The number of benzene rings is 1. The van der Waals surface area contributed by atoms with Gasteiger partial charge in [0.05, 0.1) is 23.5 Å². The summed E-state index contributed by atoms with van der Waals surface area (Å²) < 4.78 is 59.1. The molecule has 0 saturated carbocycles. The fourth-order valence-corrected chi connectivity index (χ4v) is 5.42. The summed E-state index contributed by atoms with van der Waals surface area (Å²) in [7, 11) is -8.63. The van der Waals surface area contributed by atoms with Crippen LogP contribution in [-0.2, 0) is 33.4 Å². The average Bonchev–Trinajstić information content (AvgIpc) is 2.72. The molecule has 0 spiro atoms. The molecule has 0 aliphatic carbocycles. The predicted octanol–water partition coefficient (Wildman–Crippen LogP) is 2.13. The molecule has 1 unspecified atom stereocenters. The Morgan fingerprint density at radius 3 is 1.86 bits per heavy atom. The van der Waals surface area contributed by atoms with Gasteiger partial charge in [-0.25, -0.2) is 13.0 Å². The number of hydrogen-bond donors (Lipinski definition) is 1. The Kier molecular flexibility index (Phi) is 13.9. The van der Waals surface area contributed by atoms with Crippen molar-refractivity contribution in [2.24, 2.45) is 5.41 Å². The molecule has 0 heterocycles. The maximum Gasteiger partial charge on any atom is 1.00 e. The topological polar surface area (TPSA) is 142 Å². The molecule has 0 amide bonds. The van der Waals surface area contributed by atoms with Gasteiger partial charge >= 0.3 is 43.3 Å². The van der Waals surface area contributed by atoms with Crippen molar-refractivity contribution in [3.63, 3.8) is 0 Å². The van der Waals surface area contributed by atoms with E-state index in [9.17, 15) is 27.4 Å². The van der Waals surface area contributed by atoms with Crippen LogP contribution in [0.5, 0.6) is 0 Å². The van der Waals surface area contributed by atoms with Crippen LogP contribution in [-0.4, -0.2) is 47.6 Å². The van der Waals surface area contributed by atoms with Crippen molar-refractivity contribution in [3.8, 4) is 0 Å². The molecule has 1 rings (SSSR count). The Bertz CT molecular complexity index is 950. The number of rotatable bonds is 14. The molecular formula is C22H37NNaO9PS. The molecule has 0 fully saturated rings. The zero-order valence-corrected chi connectivity index (χ0v) is 25.6. The number of hydroxylamine groups is 1. The number of carboxylic acids is 1. The first kappa shape index (κ1) is 34.7. The van der Waals surface area contributed by atoms with E-state index in [0.717, 1.165) is 17.0 Å². The van der Waals surface area contributed by atoms with E-state index >= 15 is 0 Å². The number of aliphatic carboxylic acids is 1. The minimum atomic E-state index is -4.66. The summed E-state index contributed by atoms with van der Waals surface area (Å²) in [5.41, 5.74) is -1.75. The van der Waals surface area contributed by atoms with Crippen LogP contribution in [0, 0.1) is 5.41 Å². The third-order valence-corrected chi connectivity index (χ3v) is 7.76. The van der Waals surface area contributed by atoms with Gasteiger partial charge in [0.1, 0.15) is 16.2 Å². The third-order valence-electron chi connectivity index (χ3n) is 4.76. The van der Waals surface area contributed by atoms with Crippen molar-refractivity contribution in [1.29, 1.82) is 0 Å². The first-order valence-electron chi connectivity index (χ1n) is 11.1. The number of nitrogens with zero attached hydrogens (tertiary/aromatic N) is 1. The minimum absolute atomic E-state index is 0. The Balaban J connectivity index is 0.0000116. The van der Waals surface area contributed by atoms with Crippen molar-refractivity contribution in [1.82, 2.24) is 4.83 Å². The van der Waals surface area contributed by atoms with Gasteiger partial charge in [0.25, 0.3) is 0 Å². The van der Waals surface area contributed by atoms with Gasteiger partial charge in [-0.1, -0.05) is 30.8 Å². The molecule has 13 heteroatoms. The molecule has 1 N–H and O–H groups in total. The van der Waals surface area contributed by atoms with Crippen molar-refractivity contribution in [3.05, 3.63) is 29.8 Å². The molecular weight excluding hydrogens is 508 g/mol. The quantitative estimate of drug-likeness (QED) is 0.160. The van der Waals surface area contributed by atoms with E-state index in [4.69, 9.17) is 13.9 Å². The summed E-state index contributed by atoms with van der Waals surface area (Å²) in [5.74, 6) is -1.07. The van der Waals surface area contributed by atoms with Crippen LogP contribution in [0.4, 0.5) is 0 Å². The zero-order valence-electron chi connectivity index (χ0n) is 21.9. The Hall–Kier alpha value is -0.330. The fourth-order valence-electron chi connectivity index (χ4n) is 2.88. The van der Waals surface area contributed by atoms with Crippen molar-refractivity contribution in [2.45, 2.75) is 84.3 Å². The molecule has 35 heavy (non-hydrogen) atoms. The zero-order chi connectivity index (χ0) is 26.4. The van der Waals surface area contributed by atoms with Crippen LogP contribution in [0.2, 0.25) is 0 Å². The number of carboxylic acid groups (broad SMARTS) is 1. The molecule has 1 aromatic rings. The van der Waals surface area contributed by atoms with Crippen LogP contribution in [0.3, 0.4) is 0 Å². The third kappa shape index (κ3) is 10.5. The minimum Gasteiger partial charge on any atom is -0.744 e. The Labute approximate surface area is 231 Å². The average molecular weight is 546 g/mol. The van der Waals surface area contributed by atoms with Gasteiger partial charge in [-0.15, -0.1) is 0 Å². The summed E-state index contributed by atoms with van der Waals surface area (Å²) in [6.45, 7) is 12.3. The molecule has 1 aromatic carbocycles. The van der Waals surface area contributed by atoms with Crippen molar-refractivity contribution < 1.29 is 70.9 Å². The Morgan fingerprint density at radius 1 is 1.06 bits per heavy atom. The second-order valence-electron chi connectivity index (χ2n) is 9.59. The summed E-state index contributed by atoms with van der Waals surface area (Å²) in [6, 6.07) is 5.01. The summed E-state index contributed by atoms with van der Waals surface area (Å²) >= 11 is 0. The van der Waals surface area contributed by atoms with Gasteiger partial charge in [0, 0.05) is 5.54 Å². The van der Waals surface area contributed by atoms with E-state index in [0.29, 0.717) is 18.4 Å². The number of carbonyl (C=O) groups is 1. The van der Waals surface area contributed by atoms with E-state index in [1.54, 1.807) is 20.8 Å². The SMILES string of the molecule is CCCOP(=O)(OCCC)N(OC(CC(C)(C)C(=O)O)c1ccc(S(=O)(=O)[O-])cc1)C(C)(C)C.[Na+]. The van der Waals surface area contributed by atoms with Crippen LogP contribution < -0.4 is 29.6 Å². The molecule has 0 radical (unpaired) electrons. The summed E-state index contributed by atoms with van der Waals surface area (Å²) in [5, 5.41) is 9.68. The molecule has 0 aromatic heterocycles. The van der Waals surface area contributed by atoms with Gasteiger partial charge in [0.2, 0.25) is 0 Å². The first-order chi connectivity index (χ1) is 15.5. The second-order valence-corrected chi connectivity index (χ2v) is 12.8. The maximum atomic E-state index is 13.8. The standard InChI is InChI=1S/C22H38NO9PS.Na/c1-8-14-30-33(26,31-15-9-2)23(21(3,4)5)32-19(16-22(6,7)20(24)25)17-10-12-18(13-11-17)34(27,28)29;/h10-13,19H,8-9,14-16H2,1-7H3,(H,24,25)(H,27,28,29);/q;+1/p-1. The van der Waals surface area contributed by atoms with Gasteiger partial charge < -0.3 is 9.66 Å². The van der Waals surface area contributed by atoms with Gasteiger partial charge in [-0.3, -0.25) is 18.7 Å². The molecule has 0 saturated heterocycles. The van der Waals surface area contributed by atoms with E-state index < -0.39 is 45.8 Å². The van der Waals surface area contributed by atoms with Gasteiger partial charge in [0.15, 0.2) is 0 Å². The number of hydrogen-bond acceptors (Lipinski definition) is 8. The Morgan fingerprint density at radius 2 is 1.51 bits per heavy atom. The van der Waals surface area contributed by atoms with Crippen LogP contribution in [0.15, 0.2) is 29.2 Å². The predicted molar refractivity (Wildman–Crippen MR) is 126 cm³/mol. The monoisotopic (exact) mass is 545 g/mol. The van der Waals surface area contributed by atoms with Gasteiger partial charge in [-0.05, 0) is 71.6 Å². The molecule has 0 aliphatic rings. The molecule has 0 aliphatic heterocycles. The molecule has 1 atom stereocenters. The van der Waals surface area contributed by atoms with Gasteiger partial charge in [-0.2, -0.15) is 0 Å². The van der Waals surface area contributed by atoms with Crippen LogP contribution in [0.1, 0.15) is 79.4 Å². The second kappa shape index (κ2) is 14.0. The van der Waals surface area contributed by atoms with Crippen LogP contribution >= 0.6 is 7.75 Å². The normalized spacial score (nSPS) is 14.0. The summed E-state index contributed by atoms with van der Waals surface area (Å²) in [6.07, 6.45) is 0.133. The maximum absolute atomic E-state index is 13.8. The van der Waals surface area contributed by atoms with E-state index in [1.165, 1.54) is 26.0 Å². The van der Waals surface area contributed by atoms with E-state index in [1.807, 2.05) is 13.8 Å². The molecule has 10 nitrogen and oxygen atoms in total. The molecule has 196 valence electrons. The summed E-state index contributed by atoms with van der Waals surface area (Å²) in [4.78, 5) is 18.8. The van der Waals surface area contributed by atoms with E-state index in [-0.39, 0.29) is 49.2 Å². The smallest absolute Gasteiger partial charge is 0.744 e. The van der Waals surface area contributed by atoms with Crippen molar-refractivity contribution >= 4 is 23.8 Å².